The number of aliphatic carboxylic acids is 1. The molecule has 1 rings (SSSR count). The fraction of sp³-hybridized carbons (Fsp3) is 0.909. The molecule has 0 amide bonds. The van der Waals surface area contributed by atoms with Gasteiger partial charge in [-0.05, 0) is 31.9 Å². The van der Waals surface area contributed by atoms with Crippen molar-refractivity contribution in [1.29, 1.82) is 0 Å². The number of hydrogen-bond acceptors (Lipinski definition) is 3. The number of carbonyl (C=O) groups is 1. The average molecular weight is 231 g/mol. The lowest BCUT2D eigenvalue weighted by atomic mass is 9.94. The number of rotatable bonds is 5. The standard InChI is InChI=1S/C11H21NO2S/c1-3-6-11(2,10(13)14)12-9-5-4-7-15-8-9/h9,12H,3-8H2,1-2H3,(H,13,14). The number of nitrogens with one attached hydrogen (secondary N) is 1. The Balaban J connectivity index is 2.52. The van der Waals surface area contributed by atoms with Crippen LogP contribution in [0.4, 0.5) is 0 Å². The molecule has 2 atom stereocenters. The maximum absolute atomic E-state index is 11.2. The van der Waals surface area contributed by atoms with Crippen molar-refractivity contribution < 1.29 is 9.90 Å². The van der Waals surface area contributed by atoms with E-state index in [-0.39, 0.29) is 0 Å². The van der Waals surface area contributed by atoms with Gasteiger partial charge in [0.1, 0.15) is 5.54 Å². The second-order valence-electron chi connectivity index (χ2n) is 4.45. The van der Waals surface area contributed by atoms with Crippen LogP contribution in [0, 0.1) is 0 Å². The molecule has 1 aliphatic rings. The molecule has 2 N–H and O–H groups in total. The van der Waals surface area contributed by atoms with E-state index in [4.69, 9.17) is 0 Å². The second kappa shape index (κ2) is 5.75. The Hall–Kier alpha value is -0.220. The van der Waals surface area contributed by atoms with E-state index in [0.717, 1.165) is 18.6 Å². The second-order valence-corrected chi connectivity index (χ2v) is 5.60. The number of carboxylic acids is 1. The molecular formula is C11H21NO2S. The third-order valence-electron chi connectivity index (χ3n) is 2.91. The molecular weight excluding hydrogens is 210 g/mol. The summed E-state index contributed by atoms with van der Waals surface area (Å²) >= 11 is 1.92. The molecule has 0 spiro atoms. The molecule has 3 nitrogen and oxygen atoms in total. The molecule has 1 saturated heterocycles. The van der Waals surface area contributed by atoms with Gasteiger partial charge in [-0.2, -0.15) is 11.8 Å². The number of thioether (sulfide) groups is 1. The van der Waals surface area contributed by atoms with Crippen LogP contribution in [0.3, 0.4) is 0 Å². The summed E-state index contributed by atoms with van der Waals surface area (Å²) in [4.78, 5) is 11.2. The van der Waals surface area contributed by atoms with Gasteiger partial charge in [-0.1, -0.05) is 13.3 Å². The lowest BCUT2D eigenvalue weighted by molar-refractivity contribution is -0.144. The first-order valence-corrected chi connectivity index (χ1v) is 6.83. The van der Waals surface area contributed by atoms with Gasteiger partial charge in [0, 0.05) is 11.8 Å². The van der Waals surface area contributed by atoms with Gasteiger partial charge in [-0.25, -0.2) is 0 Å². The zero-order valence-corrected chi connectivity index (χ0v) is 10.4. The summed E-state index contributed by atoms with van der Waals surface area (Å²) in [6.45, 7) is 3.83. The Morgan fingerprint density at radius 3 is 2.87 bits per heavy atom. The van der Waals surface area contributed by atoms with Gasteiger partial charge in [0.15, 0.2) is 0 Å². The molecule has 0 aliphatic carbocycles. The van der Waals surface area contributed by atoms with E-state index in [2.05, 4.69) is 5.32 Å². The van der Waals surface area contributed by atoms with Crippen LogP contribution in [0.15, 0.2) is 0 Å². The van der Waals surface area contributed by atoms with Gasteiger partial charge in [0.25, 0.3) is 0 Å². The van der Waals surface area contributed by atoms with Gasteiger partial charge in [-0.3, -0.25) is 10.1 Å². The van der Waals surface area contributed by atoms with Crippen molar-refractivity contribution in [3.8, 4) is 0 Å². The molecule has 15 heavy (non-hydrogen) atoms. The minimum Gasteiger partial charge on any atom is -0.480 e. The summed E-state index contributed by atoms with van der Waals surface area (Å²) in [5.41, 5.74) is -0.739. The van der Waals surface area contributed by atoms with E-state index in [9.17, 15) is 9.90 Å². The lowest BCUT2D eigenvalue weighted by Crippen LogP contribution is -2.55. The zero-order chi connectivity index (χ0) is 11.3. The van der Waals surface area contributed by atoms with Crippen LogP contribution in [-0.2, 0) is 4.79 Å². The average Bonchev–Trinajstić information content (AvgIpc) is 2.19. The zero-order valence-electron chi connectivity index (χ0n) is 9.58. The van der Waals surface area contributed by atoms with Gasteiger partial charge in [-0.15, -0.1) is 0 Å². The highest BCUT2D eigenvalue weighted by molar-refractivity contribution is 7.99. The van der Waals surface area contributed by atoms with Crippen molar-refractivity contribution in [3.05, 3.63) is 0 Å². The molecule has 0 aromatic heterocycles. The normalized spacial score (nSPS) is 25.9. The molecule has 88 valence electrons. The first kappa shape index (κ1) is 12.8. The van der Waals surface area contributed by atoms with E-state index in [1.165, 1.54) is 12.2 Å². The van der Waals surface area contributed by atoms with E-state index in [1.54, 1.807) is 6.92 Å². The maximum Gasteiger partial charge on any atom is 0.323 e. The van der Waals surface area contributed by atoms with Crippen molar-refractivity contribution in [2.75, 3.05) is 11.5 Å². The summed E-state index contributed by atoms with van der Waals surface area (Å²) in [6, 6.07) is 0.372. The van der Waals surface area contributed by atoms with Gasteiger partial charge < -0.3 is 5.11 Å². The Bertz CT molecular complexity index is 217. The quantitative estimate of drug-likeness (QED) is 0.761. The predicted molar refractivity (Wildman–Crippen MR) is 64.4 cm³/mol. The fourth-order valence-corrected chi connectivity index (χ4v) is 3.12. The fourth-order valence-electron chi connectivity index (χ4n) is 2.05. The summed E-state index contributed by atoms with van der Waals surface area (Å²) < 4.78 is 0. The molecule has 0 aromatic rings. The Morgan fingerprint density at radius 1 is 1.67 bits per heavy atom. The smallest absolute Gasteiger partial charge is 0.323 e. The van der Waals surface area contributed by atoms with E-state index in [1.807, 2.05) is 18.7 Å². The van der Waals surface area contributed by atoms with Crippen molar-refractivity contribution in [2.24, 2.45) is 0 Å². The first-order chi connectivity index (χ1) is 7.08. The van der Waals surface area contributed by atoms with Gasteiger partial charge in [0.2, 0.25) is 0 Å². The third-order valence-corrected chi connectivity index (χ3v) is 4.12. The molecule has 1 heterocycles. The predicted octanol–water partition coefficient (Wildman–Crippen LogP) is 2.11. The van der Waals surface area contributed by atoms with Crippen LogP contribution in [0.5, 0.6) is 0 Å². The summed E-state index contributed by atoms with van der Waals surface area (Å²) in [7, 11) is 0. The number of hydrogen-bond donors (Lipinski definition) is 2. The molecule has 1 aliphatic heterocycles. The Kier molecular flexibility index (Phi) is 4.93. The van der Waals surface area contributed by atoms with Crippen molar-refractivity contribution in [2.45, 2.75) is 51.1 Å². The molecule has 0 aromatic carbocycles. The third kappa shape index (κ3) is 3.68. The highest BCUT2D eigenvalue weighted by atomic mass is 32.2. The topological polar surface area (TPSA) is 49.3 Å². The summed E-state index contributed by atoms with van der Waals surface area (Å²) in [6.07, 6.45) is 3.91. The van der Waals surface area contributed by atoms with Gasteiger partial charge in [0.05, 0.1) is 0 Å². The first-order valence-electron chi connectivity index (χ1n) is 5.67. The molecule has 2 unspecified atom stereocenters. The highest BCUT2D eigenvalue weighted by Crippen LogP contribution is 2.21. The summed E-state index contributed by atoms with van der Waals surface area (Å²) in [5, 5.41) is 12.5. The van der Waals surface area contributed by atoms with E-state index >= 15 is 0 Å². The van der Waals surface area contributed by atoms with Gasteiger partial charge >= 0.3 is 5.97 Å². The van der Waals surface area contributed by atoms with Crippen molar-refractivity contribution >= 4 is 17.7 Å². The van der Waals surface area contributed by atoms with Crippen LogP contribution in [0.1, 0.15) is 39.5 Å². The minimum absolute atomic E-state index is 0.372. The Labute approximate surface area is 96.0 Å². The highest BCUT2D eigenvalue weighted by Gasteiger charge is 2.34. The molecule has 0 radical (unpaired) electrons. The summed E-state index contributed by atoms with van der Waals surface area (Å²) in [5.74, 6) is 1.54. The monoisotopic (exact) mass is 231 g/mol. The van der Waals surface area contributed by atoms with Crippen LogP contribution in [0.25, 0.3) is 0 Å². The Morgan fingerprint density at radius 2 is 2.40 bits per heavy atom. The van der Waals surface area contributed by atoms with E-state index in [0.29, 0.717) is 12.5 Å². The largest absolute Gasteiger partial charge is 0.480 e. The van der Waals surface area contributed by atoms with Crippen LogP contribution >= 0.6 is 11.8 Å². The molecule has 0 bridgehead atoms. The van der Waals surface area contributed by atoms with E-state index < -0.39 is 11.5 Å². The van der Waals surface area contributed by atoms with Crippen LogP contribution < -0.4 is 5.32 Å². The SMILES string of the molecule is CCCC(C)(NC1CCCSC1)C(=O)O. The lowest BCUT2D eigenvalue weighted by Gasteiger charge is -2.33. The van der Waals surface area contributed by atoms with Crippen molar-refractivity contribution in [1.82, 2.24) is 5.32 Å². The van der Waals surface area contributed by atoms with Crippen LogP contribution in [0.2, 0.25) is 0 Å². The molecule has 0 saturated carbocycles. The van der Waals surface area contributed by atoms with Crippen LogP contribution in [-0.4, -0.2) is 34.2 Å². The maximum atomic E-state index is 11.2. The molecule has 1 fully saturated rings. The van der Waals surface area contributed by atoms with Crippen molar-refractivity contribution in [3.63, 3.8) is 0 Å². The minimum atomic E-state index is -0.739. The molecule has 4 heteroatoms. The number of carboxylic acid groups (broad SMARTS) is 1.